The van der Waals surface area contributed by atoms with E-state index in [1.54, 1.807) is 0 Å². The zero-order valence-corrected chi connectivity index (χ0v) is 13.5. The molecule has 0 spiro atoms. The van der Waals surface area contributed by atoms with Crippen LogP contribution < -0.4 is 5.32 Å². The number of imidazole rings is 1. The third-order valence-electron chi connectivity index (χ3n) is 4.04. The molecular formula is C20H17N3O2. The molecule has 0 radical (unpaired) electrons. The molecular weight excluding hydrogens is 314 g/mol. The highest BCUT2D eigenvalue weighted by atomic mass is 16.3. The van der Waals surface area contributed by atoms with Crippen LogP contribution in [0.5, 0.6) is 0 Å². The largest absolute Gasteiger partial charge is 0.459 e. The monoisotopic (exact) mass is 331 g/mol. The van der Waals surface area contributed by atoms with E-state index in [4.69, 9.17) is 4.42 Å². The van der Waals surface area contributed by atoms with Crippen LogP contribution in [0.25, 0.3) is 22.2 Å². The first-order valence-electron chi connectivity index (χ1n) is 8.16. The maximum Gasteiger partial charge on any atom is 0.287 e. The highest BCUT2D eigenvalue weighted by Gasteiger charge is 2.16. The number of hydrogen-bond acceptors (Lipinski definition) is 3. The Balaban J connectivity index is 1.42. The molecule has 4 rings (SSSR count). The fraction of sp³-hybridized carbons (Fsp3) is 0.100. The molecule has 2 N–H and O–H groups in total. The number of aromatic amines is 1. The molecule has 0 aliphatic rings. The number of benzene rings is 2. The lowest BCUT2D eigenvalue weighted by molar-refractivity contribution is 0.0927. The number of H-pyrrole nitrogens is 1. The highest BCUT2D eigenvalue weighted by molar-refractivity contribution is 5.98. The van der Waals surface area contributed by atoms with Gasteiger partial charge >= 0.3 is 0 Å². The summed E-state index contributed by atoms with van der Waals surface area (Å²) in [5.41, 5.74) is 3.68. The van der Waals surface area contributed by atoms with Gasteiger partial charge in [0, 0.05) is 18.5 Å². The minimum Gasteiger partial charge on any atom is -0.459 e. The van der Waals surface area contributed by atoms with Crippen molar-refractivity contribution in [1.29, 1.82) is 0 Å². The van der Waals surface area contributed by atoms with Crippen LogP contribution in [0.2, 0.25) is 0 Å². The van der Waals surface area contributed by atoms with Crippen LogP contribution in [0.4, 0.5) is 0 Å². The quantitative estimate of drug-likeness (QED) is 0.584. The second kappa shape index (κ2) is 6.65. The van der Waals surface area contributed by atoms with Crippen molar-refractivity contribution >= 4 is 16.9 Å². The molecule has 1 amide bonds. The Morgan fingerprint density at radius 1 is 1.04 bits per heavy atom. The van der Waals surface area contributed by atoms with Crippen molar-refractivity contribution in [2.24, 2.45) is 0 Å². The molecule has 0 fully saturated rings. The predicted octanol–water partition coefficient (Wildman–Crippen LogP) is 3.80. The minimum atomic E-state index is -0.222. The SMILES string of the molecule is O=C(NCCc1nc2ccccc2[nH]1)c1occc1-c1ccccc1. The number of fused-ring (bicyclic) bond motifs is 1. The number of nitrogens with one attached hydrogen (secondary N) is 2. The molecule has 2 heterocycles. The molecule has 0 aliphatic heterocycles. The molecule has 0 saturated heterocycles. The topological polar surface area (TPSA) is 70.9 Å². The minimum absolute atomic E-state index is 0.222. The van der Waals surface area contributed by atoms with Crippen LogP contribution in [0, 0.1) is 0 Å². The zero-order valence-electron chi connectivity index (χ0n) is 13.5. The first-order valence-corrected chi connectivity index (χ1v) is 8.16. The number of furan rings is 1. The van der Waals surface area contributed by atoms with Crippen LogP contribution in [0.3, 0.4) is 0 Å². The summed E-state index contributed by atoms with van der Waals surface area (Å²) in [6.07, 6.45) is 2.16. The summed E-state index contributed by atoms with van der Waals surface area (Å²) in [5, 5.41) is 2.90. The van der Waals surface area contributed by atoms with Crippen LogP contribution in [-0.4, -0.2) is 22.4 Å². The molecule has 0 unspecified atom stereocenters. The van der Waals surface area contributed by atoms with E-state index in [-0.39, 0.29) is 5.91 Å². The molecule has 25 heavy (non-hydrogen) atoms. The second-order valence-corrected chi connectivity index (χ2v) is 5.74. The average Bonchev–Trinajstić information content (AvgIpc) is 3.29. The second-order valence-electron chi connectivity index (χ2n) is 5.74. The van der Waals surface area contributed by atoms with Crippen molar-refractivity contribution in [3.05, 3.63) is 78.5 Å². The van der Waals surface area contributed by atoms with Crippen LogP contribution in [0.15, 0.2) is 71.3 Å². The zero-order chi connectivity index (χ0) is 17.1. The van der Waals surface area contributed by atoms with Crippen molar-refractivity contribution in [3.8, 4) is 11.1 Å². The summed E-state index contributed by atoms with van der Waals surface area (Å²) >= 11 is 0. The van der Waals surface area contributed by atoms with Crippen LogP contribution in [0.1, 0.15) is 16.4 Å². The van der Waals surface area contributed by atoms with Gasteiger partial charge < -0.3 is 14.7 Å². The van der Waals surface area contributed by atoms with Gasteiger partial charge in [-0.1, -0.05) is 42.5 Å². The third kappa shape index (κ3) is 3.17. The Morgan fingerprint density at radius 2 is 1.84 bits per heavy atom. The number of para-hydroxylation sites is 2. The molecule has 0 saturated carbocycles. The third-order valence-corrected chi connectivity index (χ3v) is 4.04. The van der Waals surface area contributed by atoms with E-state index in [2.05, 4.69) is 15.3 Å². The summed E-state index contributed by atoms with van der Waals surface area (Å²) < 4.78 is 5.40. The van der Waals surface area contributed by atoms with Gasteiger partial charge in [-0.2, -0.15) is 0 Å². The normalized spacial score (nSPS) is 10.9. The standard InChI is InChI=1S/C20H17N3O2/c24-20(19-15(11-13-25-19)14-6-2-1-3-7-14)21-12-10-18-22-16-8-4-5-9-17(16)23-18/h1-9,11,13H,10,12H2,(H,21,24)(H,22,23). The number of aromatic nitrogens is 2. The predicted molar refractivity (Wildman–Crippen MR) is 96.3 cm³/mol. The van der Waals surface area contributed by atoms with Gasteiger partial charge in [-0.05, 0) is 23.8 Å². The van der Waals surface area contributed by atoms with Gasteiger partial charge in [-0.15, -0.1) is 0 Å². The number of hydrogen-bond donors (Lipinski definition) is 2. The van der Waals surface area contributed by atoms with Gasteiger partial charge in [0.2, 0.25) is 0 Å². The van der Waals surface area contributed by atoms with Crippen molar-refractivity contribution in [3.63, 3.8) is 0 Å². The van der Waals surface area contributed by atoms with Gasteiger partial charge in [0.15, 0.2) is 5.76 Å². The van der Waals surface area contributed by atoms with Crippen molar-refractivity contribution in [1.82, 2.24) is 15.3 Å². The summed E-state index contributed by atoms with van der Waals surface area (Å²) in [6.45, 7) is 0.480. The van der Waals surface area contributed by atoms with Crippen molar-refractivity contribution in [2.45, 2.75) is 6.42 Å². The summed E-state index contributed by atoms with van der Waals surface area (Å²) in [7, 11) is 0. The average molecular weight is 331 g/mol. The van der Waals surface area contributed by atoms with Gasteiger partial charge in [-0.3, -0.25) is 4.79 Å². The molecule has 4 aromatic rings. The maximum absolute atomic E-state index is 12.4. The fourth-order valence-corrected chi connectivity index (χ4v) is 2.83. The van der Waals surface area contributed by atoms with Crippen molar-refractivity contribution in [2.75, 3.05) is 6.54 Å². The first kappa shape index (κ1) is 15.2. The first-order chi connectivity index (χ1) is 12.3. The Kier molecular flexibility index (Phi) is 4.04. The maximum atomic E-state index is 12.4. The van der Waals surface area contributed by atoms with E-state index >= 15 is 0 Å². The molecule has 0 atom stereocenters. The summed E-state index contributed by atoms with van der Waals surface area (Å²) in [6, 6.07) is 19.4. The van der Waals surface area contributed by atoms with Gasteiger partial charge in [0.05, 0.1) is 17.3 Å². The summed E-state index contributed by atoms with van der Waals surface area (Å²) in [4.78, 5) is 20.2. The van der Waals surface area contributed by atoms with E-state index in [0.29, 0.717) is 18.7 Å². The number of carbonyl (C=O) groups is 1. The lowest BCUT2D eigenvalue weighted by Gasteiger charge is -2.04. The number of nitrogens with zero attached hydrogens (tertiary/aromatic N) is 1. The highest BCUT2D eigenvalue weighted by Crippen LogP contribution is 2.24. The Labute approximate surface area is 144 Å². The van der Waals surface area contributed by atoms with E-state index in [0.717, 1.165) is 28.0 Å². The Morgan fingerprint density at radius 3 is 2.68 bits per heavy atom. The Hall–Kier alpha value is -3.34. The molecule has 5 nitrogen and oxygen atoms in total. The lowest BCUT2D eigenvalue weighted by atomic mass is 10.1. The number of amides is 1. The van der Waals surface area contributed by atoms with Crippen molar-refractivity contribution < 1.29 is 9.21 Å². The lowest BCUT2D eigenvalue weighted by Crippen LogP contribution is -2.26. The van der Waals surface area contributed by atoms with Gasteiger partial charge in [0.25, 0.3) is 5.91 Å². The van der Waals surface area contributed by atoms with Gasteiger partial charge in [-0.25, -0.2) is 4.98 Å². The number of rotatable bonds is 5. The molecule has 124 valence electrons. The molecule has 0 bridgehead atoms. The van der Waals surface area contributed by atoms with Crippen LogP contribution >= 0.6 is 0 Å². The van der Waals surface area contributed by atoms with E-state index in [1.807, 2.05) is 60.7 Å². The van der Waals surface area contributed by atoms with E-state index in [9.17, 15) is 4.79 Å². The summed E-state index contributed by atoms with van der Waals surface area (Å²) in [5.74, 6) is 0.958. The fourth-order valence-electron chi connectivity index (χ4n) is 2.83. The molecule has 2 aromatic heterocycles. The molecule has 0 aliphatic carbocycles. The van der Waals surface area contributed by atoms with Gasteiger partial charge in [0.1, 0.15) is 5.82 Å². The number of carbonyl (C=O) groups excluding carboxylic acids is 1. The smallest absolute Gasteiger partial charge is 0.287 e. The Bertz CT molecular complexity index is 969. The van der Waals surface area contributed by atoms with E-state index < -0.39 is 0 Å². The molecule has 2 aromatic carbocycles. The van der Waals surface area contributed by atoms with Crippen LogP contribution in [-0.2, 0) is 6.42 Å². The van der Waals surface area contributed by atoms with E-state index in [1.165, 1.54) is 6.26 Å². The molecule has 5 heteroatoms.